The molecule has 39 heavy (non-hydrogen) atoms. The number of carbonyl (C=O) groups excluding carboxylic acids is 4. The first-order chi connectivity index (χ1) is 18.9. The summed E-state index contributed by atoms with van der Waals surface area (Å²) in [6, 6.07) is 19.0. The van der Waals surface area contributed by atoms with Crippen LogP contribution in [0.25, 0.3) is 0 Å². The smallest absolute Gasteiger partial charge is 0.269 e. The summed E-state index contributed by atoms with van der Waals surface area (Å²) in [6.07, 6.45) is 0.249. The van der Waals surface area contributed by atoms with Crippen LogP contribution in [0.2, 0.25) is 0 Å². The maximum atomic E-state index is 12.9. The standard InChI is InChI=1S/C29H28N4O6/c1-30-27(35)24-15-19(14-20(32-24)13-18-7-3-2-4-8-18)26(34)31-12-11-25-38-16-21(17-39-25)33-28(36)22-9-5-6-10-23(22)29(33)37/h2-10,14-15,21,25H,11-13,16-17H2,1H3,(H,30,35)(H,31,34). The molecule has 10 heteroatoms. The van der Waals surface area contributed by atoms with Crippen molar-refractivity contribution in [3.8, 4) is 0 Å². The topological polar surface area (TPSA) is 127 Å². The average molecular weight is 529 g/mol. The number of carbonyl (C=O) groups is 4. The van der Waals surface area contributed by atoms with Gasteiger partial charge in [-0.2, -0.15) is 0 Å². The molecule has 1 aromatic heterocycles. The molecule has 200 valence electrons. The molecule has 3 heterocycles. The molecule has 0 radical (unpaired) electrons. The zero-order valence-electron chi connectivity index (χ0n) is 21.4. The minimum absolute atomic E-state index is 0.146. The number of aromatic nitrogens is 1. The van der Waals surface area contributed by atoms with E-state index in [2.05, 4.69) is 15.6 Å². The number of ether oxygens (including phenoxy) is 2. The van der Waals surface area contributed by atoms with E-state index in [4.69, 9.17) is 9.47 Å². The molecule has 2 N–H and O–H groups in total. The fraction of sp³-hybridized carbons (Fsp3) is 0.276. The van der Waals surface area contributed by atoms with E-state index >= 15 is 0 Å². The highest BCUT2D eigenvalue weighted by molar-refractivity contribution is 6.21. The summed E-state index contributed by atoms with van der Waals surface area (Å²) in [6.45, 7) is 0.548. The van der Waals surface area contributed by atoms with Crippen molar-refractivity contribution < 1.29 is 28.7 Å². The normalized spacial score (nSPS) is 18.5. The Labute approximate surface area is 225 Å². The number of nitrogens with zero attached hydrogens (tertiary/aromatic N) is 2. The molecule has 0 saturated carbocycles. The maximum Gasteiger partial charge on any atom is 0.269 e. The molecular formula is C29H28N4O6. The van der Waals surface area contributed by atoms with Crippen LogP contribution in [0.1, 0.15) is 59.2 Å². The number of rotatable bonds is 8. The van der Waals surface area contributed by atoms with Crippen LogP contribution in [0.15, 0.2) is 66.7 Å². The number of fused-ring (bicyclic) bond motifs is 1. The third-order valence-corrected chi connectivity index (χ3v) is 6.63. The Hall–Kier alpha value is -4.41. The fourth-order valence-corrected chi connectivity index (χ4v) is 4.65. The summed E-state index contributed by atoms with van der Waals surface area (Å²) in [4.78, 5) is 56.2. The van der Waals surface area contributed by atoms with E-state index in [9.17, 15) is 19.2 Å². The number of hydrogen-bond acceptors (Lipinski definition) is 7. The van der Waals surface area contributed by atoms with Crippen LogP contribution in [-0.4, -0.2) is 72.7 Å². The average Bonchev–Trinajstić information content (AvgIpc) is 3.22. The molecule has 10 nitrogen and oxygen atoms in total. The molecule has 0 unspecified atom stereocenters. The third-order valence-electron chi connectivity index (χ3n) is 6.63. The molecule has 2 aliphatic rings. The number of nitrogens with one attached hydrogen (secondary N) is 2. The monoisotopic (exact) mass is 528 g/mol. The first-order valence-corrected chi connectivity index (χ1v) is 12.7. The van der Waals surface area contributed by atoms with Gasteiger partial charge in [-0.25, -0.2) is 4.98 Å². The van der Waals surface area contributed by atoms with E-state index in [-0.39, 0.29) is 49.1 Å². The molecule has 5 rings (SSSR count). The summed E-state index contributed by atoms with van der Waals surface area (Å²) in [5, 5.41) is 5.38. The predicted molar refractivity (Wildman–Crippen MR) is 140 cm³/mol. The van der Waals surface area contributed by atoms with E-state index in [1.54, 1.807) is 30.3 Å². The quantitative estimate of drug-likeness (QED) is 0.429. The zero-order valence-corrected chi connectivity index (χ0v) is 21.4. The molecule has 0 aliphatic carbocycles. The van der Waals surface area contributed by atoms with Crippen LogP contribution < -0.4 is 10.6 Å². The van der Waals surface area contributed by atoms with Crippen molar-refractivity contribution in [2.45, 2.75) is 25.2 Å². The molecule has 3 aromatic rings. The lowest BCUT2D eigenvalue weighted by Gasteiger charge is -2.33. The van der Waals surface area contributed by atoms with E-state index in [1.165, 1.54) is 18.0 Å². The van der Waals surface area contributed by atoms with Gasteiger partial charge >= 0.3 is 0 Å². The second-order valence-electron chi connectivity index (χ2n) is 9.29. The third kappa shape index (κ3) is 5.71. The second kappa shape index (κ2) is 11.5. The molecule has 0 bridgehead atoms. The highest BCUT2D eigenvalue weighted by atomic mass is 16.7. The highest BCUT2D eigenvalue weighted by Gasteiger charge is 2.41. The van der Waals surface area contributed by atoms with Gasteiger partial charge in [-0.15, -0.1) is 0 Å². The number of amides is 4. The SMILES string of the molecule is CNC(=O)c1cc(C(=O)NCCC2OCC(N3C(=O)c4ccccc4C3=O)CO2)cc(Cc2ccccc2)n1. The lowest BCUT2D eigenvalue weighted by molar-refractivity contribution is -0.198. The predicted octanol–water partition coefficient (Wildman–Crippen LogP) is 2.19. The van der Waals surface area contributed by atoms with Crippen LogP contribution in [0, 0.1) is 0 Å². The Kier molecular flexibility index (Phi) is 7.76. The van der Waals surface area contributed by atoms with Crippen LogP contribution >= 0.6 is 0 Å². The van der Waals surface area contributed by atoms with E-state index in [0.29, 0.717) is 35.2 Å². The molecule has 1 fully saturated rings. The maximum absolute atomic E-state index is 12.9. The molecule has 1 saturated heterocycles. The fourth-order valence-electron chi connectivity index (χ4n) is 4.65. The molecular weight excluding hydrogens is 500 g/mol. The van der Waals surface area contributed by atoms with Crippen molar-refractivity contribution in [3.05, 3.63) is 100 Å². The van der Waals surface area contributed by atoms with Crippen molar-refractivity contribution >= 4 is 23.6 Å². The number of imide groups is 1. The lowest BCUT2D eigenvalue weighted by atomic mass is 10.1. The van der Waals surface area contributed by atoms with Crippen molar-refractivity contribution in [1.82, 2.24) is 20.5 Å². The van der Waals surface area contributed by atoms with Crippen LogP contribution in [-0.2, 0) is 15.9 Å². The molecule has 2 aromatic carbocycles. The van der Waals surface area contributed by atoms with Gasteiger partial charge in [0.05, 0.1) is 30.4 Å². The number of pyridine rings is 1. The van der Waals surface area contributed by atoms with Gasteiger partial charge in [0.25, 0.3) is 23.6 Å². The Balaban J connectivity index is 1.15. The Morgan fingerprint density at radius 3 is 2.21 bits per heavy atom. The van der Waals surface area contributed by atoms with E-state index < -0.39 is 12.3 Å². The van der Waals surface area contributed by atoms with Gasteiger partial charge in [-0.3, -0.25) is 24.1 Å². The van der Waals surface area contributed by atoms with Gasteiger partial charge in [0.15, 0.2) is 6.29 Å². The number of benzene rings is 2. The van der Waals surface area contributed by atoms with Crippen LogP contribution in [0.3, 0.4) is 0 Å². The lowest BCUT2D eigenvalue weighted by Crippen LogP contribution is -2.50. The van der Waals surface area contributed by atoms with Crippen molar-refractivity contribution in [2.24, 2.45) is 0 Å². The van der Waals surface area contributed by atoms with Gasteiger partial charge < -0.3 is 20.1 Å². The summed E-state index contributed by atoms with van der Waals surface area (Å²) in [5.74, 6) is -1.43. The van der Waals surface area contributed by atoms with Gasteiger partial charge in [0, 0.05) is 37.7 Å². The minimum Gasteiger partial charge on any atom is -0.354 e. The number of hydrogen-bond donors (Lipinski definition) is 2. The first kappa shape index (κ1) is 26.2. The van der Waals surface area contributed by atoms with Crippen molar-refractivity contribution in [1.29, 1.82) is 0 Å². The minimum atomic E-state index is -0.593. The summed E-state index contributed by atoms with van der Waals surface area (Å²) in [7, 11) is 1.51. The zero-order chi connectivity index (χ0) is 27.4. The van der Waals surface area contributed by atoms with Crippen molar-refractivity contribution in [2.75, 3.05) is 26.8 Å². The Morgan fingerprint density at radius 1 is 0.923 bits per heavy atom. The molecule has 0 atom stereocenters. The Bertz CT molecular complexity index is 1370. The first-order valence-electron chi connectivity index (χ1n) is 12.7. The summed E-state index contributed by atoms with van der Waals surface area (Å²) < 4.78 is 11.5. The van der Waals surface area contributed by atoms with Crippen LogP contribution in [0.4, 0.5) is 0 Å². The van der Waals surface area contributed by atoms with Gasteiger partial charge in [-0.1, -0.05) is 42.5 Å². The summed E-state index contributed by atoms with van der Waals surface area (Å²) >= 11 is 0. The second-order valence-corrected chi connectivity index (χ2v) is 9.29. The van der Waals surface area contributed by atoms with Crippen LogP contribution in [0.5, 0.6) is 0 Å². The largest absolute Gasteiger partial charge is 0.354 e. The highest BCUT2D eigenvalue weighted by Crippen LogP contribution is 2.26. The van der Waals surface area contributed by atoms with Crippen molar-refractivity contribution in [3.63, 3.8) is 0 Å². The van der Waals surface area contributed by atoms with Gasteiger partial charge in [0.1, 0.15) is 5.69 Å². The molecule has 4 amide bonds. The van der Waals surface area contributed by atoms with Gasteiger partial charge in [0.2, 0.25) is 0 Å². The molecule has 2 aliphatic heterocycles. The molecule has 0 spiro atoms. The van der Waals surface area contributed by atoms with E-state index in [1.807, 2.05) is 30.3 Å². The van der Waals surface area contributed by atoms with Gasteiger partial charge in [-0.05, 0) is 29.8 Å². The van der Waals surface area contributed by atoms with E-state index in [0.717, 1.165) is 5.56 Å². The summed E-state index contributed by atoms with van der Waals surface area (Å²) in [5.41, 5.74) is 2.87. The Morgan fingerprint density at radius 2 is 1.56 bits per heavy atom.